The smallest absolute Gasteiger partial charge is 0.313 e. The van der Waals surface area contributed by atoms with E-state index in [2.05, 4.69) is 0 Å². The van der Waals surface area contributed by atoms with E-state index in [0.29, 0.717) is 0 Å². The van der Waals surface area contributed by atoms with E-state index in [-0.39, 0.29) is 30.3 Å². The molecule has 0 saturated carbocycles. The maximum Gasteiger partial charge on any atom is 0.313 e. The van der Waals surface area contributed by atoms with Gasteiger partial charge in [-0.15, -0.1) is 0 Å². The number of rotatable bonds is 2. The molecule has 0 bridgehead atoms. The van der Waals surface area contributed by atoms with Crippen LogP contribution in [0.15, 0.2) is 12.2 Å². The Morgan fingerprint density at radius 3 is 2.50 bits per heavy atom. The molecule has 0 aromatic rings. The lowest BCUT2D eigenvalue weighted by Crippen LogP contribution is -2.47. The van der Waals surface area contributed by atoms with Gasteiger partial charge in [-0.3, -0.25) is 9.59 Å². The zero-order chi connectivity index (χ0) is 15.1. The van der Waals surface area contributed by atoms with Crippen LogP contribution in [0.4, 0.5) is 0 Å². The van der Waals surface area contributed by atoms with Gasteiger partial charge in [-0.25, -0.2) is 0 Å². The zero-order valence-electron chi connectivity index (χ0n) is 12.3. The van der Waals surface area contributed by atoms with E-state index in [1.807, 2.05) is 19.1 Å². The highest BCUT2D eigenvalue weighted by Gasteiger charge is 2.48. The number of carboxylic acids is 1. The topological polar surface area (TPSA) is 72.8 Å². The summed E-state index contributed by atoms with van der Waals surface area (Å²) in [5.41, 5.74) is -0.599. The molecule has 5 heteroatoms. The number of ether oxygens (including phenoxy) is 2. The number of esters is 1. The maximum atomic E-state index is 12.0. The first-order valence-corrected chi connectivity index (χ1v) is 6.95. The van der Waals surface area contributed by atoms with Gasteiger partial charge >= 0.3 is 11.9 Å². The minimum atomic E-state index is -0.862. The SMILES string of the molecule is C[C@H]1C=CC2C(C(=O)O)COC(OC(=O)C(C)(C)C)C21. The molecule has 0 aromatic heterocycles. The lowest BCUT2D eigenvalue weighted by molar-refractivity contribution is -0.228. The number of hydrogen-bond acceptors (Lipinski definition) is 4. The second-order valence-corrected chi connectivity index (χ2v) is 6.70. The molecular weight excluding hydrogens is 260 g/mol. The first kappa shape index (κ1) is 15.0. The van der Waals surface area contributed by atoms with Crippen LogP contribution in [0.2, 0.25) is 0 Å². The first-order valence-electron chi connectivity index (χ1n) is 6.95. The maximum absolute atomic E-state index is 12.0. The normalized spacial score (nSPS) is 36.5. The van der Waals surface area contributed by atoms with Crippen molar-refractivity contribution in [2.45, 2.75) is 34.0 Å². The van der Waals surface area contributed by atoms with Crippen LogP contribution in [0.1, 0.15) is 27.7 Å². The van der Waals surface area contributed by atoms with Crippen LogP contribution < -0.4 is 0 Å². The molecule has 2 rings (SSSR count). The van der Waals surface area contributed by atoms with E-state index in [1.54, 1.807) is 20.8 Å². The molecule has 2 aliphatic rings. The largest absolute Gasteiger partial charge is 0.481 e. The molecule has 5 atom stereocenters. The summed E-state index contributed by atoms with van der Waals surface area (Å²) in [5.74, 6) is -1.86. The summed E-state index contributed by atoms with van der Waals surface area (Å²) in [6.07, 6.45) is 3.25. The van der Waals surface area contributed by atoms with Gasteiger partial charge in [-0.05, 0) is 26.7 Å². The fourth-order valence-electron chi connectivity index (χ4n) is 2.79. The van der Waals surface area contributed by atoms with Gasteiger partial charge in [0, 0.05) is 11.8 Å². The standard InChI is InChI=1S/C15H22O5/c1-8-5-6-9-10(12(16)17)7-19-13(11(8)9)20-14(18)15(2,3)4/h5-6,8-11,13H,7H2,1-4H3,(H,16,17)/t8-,9?,10?,11?,13?/m0/s1. The average molecular weight is 282 g/mol. The van der Waals surface area contributed by atoms with Crippen molar-refractivity contribution in [2.75, 3.05) is 6.61 Å². The fourth-order valence-corrected chi connectivity index (χ4v) is 2.79. The van der Waals surface area contributed by atoms with E-state index in [1.165, 1.54) is 0 Å². The summed E-state index contributed by atoms with van der Waals surface area (Å²) >= 11 is 0. The minimum Gasteiger partial charge on any atom is -0.481 e. The van der Waals surface area contributed by atoms with Crippen LogP contribution in [-0.2, 0) is 19.1 Å². The Morgan fingerprint density at radius 1 is 1.30 bits per heavy atom. The summed E-state index contributed by atoms with van der Waals surface area (Å²) in [6, 6.07) is 0. The minimum absolute atomic E-state index is 0.0790. The van der Waals surface area contributed by atoms with Crippen LogP contribution in [-0.4, -0.2) is 29.9 Å². The van der Waals surface area contributed by atoms with E-state index in [9.17, 15) is 14.7 Å². The molecule has 5 nitrogen and oxygen atoms in total. The number of allylic oxidation sites excluding steroid dienone is 2. The zero-order valence-corrected chi connectivity index (χ0v) is 12.3. The average Bonchev–Trinajstić information content (AvgIpc) is 2.71. The fraction of sp³-hybridized carbons (Fsp3) is 0.733. The predicted molar refractivity (Wildman–Crippen MR) is 71.7 cm³/mol. The van der Waals surface area contributed by atoms with Crippen LogP contribution in [0.3, 0.4) is 0 Å². The lowest BCUT2D eigenvalue weighted by Gasteiger charge is -2.39. The Labute approximate surface area is 118 Å². The van der Waals surface area contributed by atoms with Crippen molar-refractivity contribution in [1.82, 2.24) is 0 Å². The van der Waals surface area contributed by atoms with Crippen molar-refractivity contribution in [1.29, 1.82) is 0 Å². The number of aliphatic carboxylic acids is 1. The van der Waals surface area contributed by atoms with Gasteiger partial charge < -0.3 is 14.6 Å². The molecule has 0 radical (unpaired) electrons. The van der Waals surface area contributed by atoms with Crippen LogP contribution in [0, 0.1) is 29.1 Å². The summed E-state index contributed by atoms with van der Waals surface area (Å²) in [7, 11) is 0. The number of carboxylic acid groups (broad SMARTS) is 1. The van der Waals surface area contributed by atoms with Gasteiger partial charge in [0.2, 0.25) is 6.29 Å². The summed E-state index contributed by atoms with van der Waals surface area (Å²) in [5, 5.41) is 9.25. The Kier molecular flexibility index (Phi) is 3.91. The summed E-state index contributed by atoms with van der Waals surface area (Å²) in [4.78, 5) is 23.3. The lowest BCUT2D eigenvalue weighted by atomic mass is 9.78. The molecule has 112 valence electrons. The van der Waals surface area contributed by atoms with Gasteiger partial charge in [0.25, 0.3) is 0 Å². The van der Waals surface area contributed by atoms with E-state index in [4.69, 9.17) is 9.47 Å². The van der Waals surface area contributed by atoms with Crippen molar-refractivity contribution in [3.63, 3.8) is 0 Å². The van der Waals surface area contributed by atoms with Gasteiger partial charge in [0.15, 0.2) is 0 Å². The number of carbonyl (C=O) groups is 2. The molecule has 20 heavy (non-hydrogen) atoms. The first-order chi connectivity index (χ1) is 9.21. The van der Waals surface area contributed by atoms with Crippen molar-refractivity contribution in [2.24, 2.45) is 29.1 Å². The summed E-state index contributed by atoms with van der Waals surface area (Å²) < 4.78 is 11.0. The molecule has 1 aliphatic heterocycles. The van der Waals surface area contributed by atoms with Crippen molar-refractivity contribution in [3.8, 4) is 0 Å². The monoisotopic (exact) mass is 282 g/mol. The van der Waals surface area contributed by atoms with Gasteiger partial charge in [0.1, 0.15) is 0 Å². The van der Waals surface area contributed by atoms with Gasteiger partial charge in [-0.1, -0.05) is 19.1 Å². The molecule has 1 saturated heterocycles. The second-order valence-electron chi connectivity index (χ2n) is 6.70. The quantitative estimate of drug-likeness (QED) is 0.620. The van der Waals surface area contributed by atoms with Gasteiger partial charge in [-0.2, -0.15) is 0 Å². The van der Waals surface area contributed by atoms with E-state index >= 15 is 0 Å². The third-order valence-electron chi connectivity index (χ3n) is 4.06. The van der Waals surface area contributed by atoms with Crippen molar-refractivity contribution in [3.05, 3.63) is 12.2 Å². The van der Waals surface area contributed by atoms with Crippen LogP contribution in [0.25, 0.3) is 0 Å². The second kappa shape index (κ2) is 5.20. The molecule has 4 unspecified atom stereocenters. The number of hydrogen-bond donors (Lipinski definition) is 1. The third-order valence-corrected chi connectivity index (χ3v) is 4.06. The number of carbonyl (C=O) groups excluding carboxylic acids is 1. The molecule has 0 amide bonds. The predicted octanol–water partition coefficient (Wildman–Crippen LogP) is 2.07. The highest BCUT2D eigenvalue weighted by atomic mass is 16.7. The highest BCUT2D eigenvalue weighted by Crippen LogP contribution is 2.43. The number of fused-ring (bicyclic) bond motifs is 1. The Hall–Kier alpha value is -1.36. The summed E-state index contributed by atoms with van der Waals surface area (Å²) in [6.45, 7) is 7.42. The van der Waals surface area contributed by atoms with Crippen molar-refractivity contribution >= 4 is 11.9 Å². The van der Waals surface area contributed by atoms with E-state index in [0.717, 1.165) is 0 Å². The molecule has 0 aromatic carbocycles. The molecule has 1 N–H and O–H groups in total. The highest BCUT2D eigenvalue weighted by molar-refractivity contribution is 5.75. The Balaban J connectivity index is 2.13. The Morgan fingerprint density at radius 2 is 1.95 bits per heavy atom. The molecular formula is C15H22O5. The molecule has 1 fully saturated rings. The molecule has 1 aliphatic carbocycles. The van der Waals surface area contributed by atoms with Gasteiger partial charge in [0.05, 0.1) is 17.9 Å². The van der Waals surface area contributed by atoms with Crippen molar-refractivity contribution < 1.29 is 24.2 Å². The third kappa shape index (κ3) is 2.73. The van der Waals surface area contributed by atoms with Crippen LogP contribution >= 0.6 is 0 Å². The molecule has 1 heterocycles. The van der Waals surface area contributed by atoms with Crippen LogP contribution in [0.5, 0.6) is 0 Å². The molecule has 0 spiro atoms. The Bertz CT molecular complexity index is 434. The van der Waals surface area contributed by atoms with E-state index < -0.39 is 23.6 Å².